The SMILES string of the molecule is C=CCN1C(=O)N[C@@H](c2cc(OC)cc(OC)c2)C2=C1CN(CCC(C)C)C2=O. The van der Waals surface area contributed by atoms with Crippen LogP contribution in [0.1, 0.15) is 31.9 Å². The summed E-state index contributed by atoms with van der Waals surface area (Å²) in [5.74, 6) is 1.65. The molecule has 29 heavy (non-hydrogen) atoms. The summed E-state index contributed by atoms with van der Waals surface area (Å²) in [5.41, 5.74) is 2.10. The Kier molecular flexibility index (Phi) is 6.15. The molecule has 0 saturated carbocycles. The molecule has 0 aromatic heterocycles. The number of hydrogen-bond donors (Lipinski definition) is 1. The second-order valence-electron chi connectivity index (χ2n) is 7.70. The predicted octanol–water partition coefficient (Wildman–Crippen LogP) is 3.10. The normalized spacial score (nSPS) is 18.9. The largest absolute Gasteiger partial charge is 0.497 e. The molecule has 2 heterocycles. The zero-order valence-corrected chi connectivity index (χ0v) is 17.5. The van der Waals surface area contributed by atoms with E-state index in [1.807, 2.05) is 17.0 Å². The lowest BCUT2D eigenvalue weighted by Gasteiger charge is -2.33. The summed E-state index contributed by atoms with van der Waals surface area (Å²) in [4.78, 5) is 29.6. The minimum atomic E-state index is -0.556. The third-order valence-electron chi connectivity index (χ3n) is 5.29. The van der Waals surface area contributed by atoms with E-state index in [4.69, 9.17) is 9.47 Å². The van der Waals surface area contributed by atoms with Gasteiger partial charge in [0.25, 0.3) is 5.91 Å². The summed E-state index contributed by atoms with van der Waals surface area (Å²) < 4.78 is 10.7. The second kappa shape index (κ2) is 8.59. The first-order valence-electron chi connectivity index (χ1n) is 9.83. The first kappa shape index (κ1) is 20.8. The molecule has 0 unspecified atom stereocenters. The van der Waals surface area contributed by atoms with Crippen molar-refractivity contribution in [3.8, 4) is 11.5 Å². The third-order valence-corrected chi connectivity index (χ3v) is 5.29. The van der Waals surface area contributed by atoms with Crippen LogP contribution < -0.4 is 14.8 Å². The maximum absolute atomic E-state index is 13.3. The number of hydrogen-bond acceptors (Lipinski definition) is 4. The average Bonchev–Trinajstić information content (AvgIpc) is 3.04. The van der Waals surface area contributed by atoms with Crippen molar-refractivity contribution in [3.05, 3.63) is 47.7 Å². The van der Waals surface area contributed by atoms with Crippen LogP contribution in [0, 0.1) is 5.92 Å². The lowest BCUT2D eigenvalue weighted by Crippen LogP contribution is -2.47. The molecule has 7 nitrogen and oxygen atoms in total. The third kappa shape index (κ3) is 4.09. The lowest BCUT2D eigenvalue weighted by atomic mass is 9.95. The molecular formula is C22H29N3O4. The number of carbonyl (C=O) groups excluding carboxylic acids is 2. The quantitative estimate of drug-likeness (QED) is 0.682. The summed E-state index contributed by atoms with van der Waals surface area (Å²) in [5, 5.41) is 2.98. The molecule has 0 spiro atoms. The molecule has 1 atom stereocenters. The highest BCUT2D eigenvalue weighted by Gasteiger charge is 2.43. The molecule has 2 aliphatic rings. The van der Waals surface area contributed by atoms with E-state index in [0.717, 1.165) is 17.7 Å². The molecule has 0 radical (unpaired) electrons. The van der Waals surface area contributed by atoms with E-state index in [1.165, 1.54) is 0 Å². The van der Waals surface area contributed by atoms with Gasteiger partial charge >= 0.3 is 6.03 Å². The van der Waals surface area contributed by atoms with Crippen LogP contribution in [0.25, 0.3) is 0 Å². The maximum Gasteiger partial charge on any atom is 0.322 e. The second-order valence-corrected chi connectivity index (χ2v) is 7.70. The summed E-state index contributed by atoms with van der Waals surface area (Å²) in [6.07, 6.45) is 2.58. The highest BCUT2D eigenvalue weighted by atomic mass is 16.5. The van der Waals surface area contributed by atoms with Gasteiger partial charge in [-0.25, -0.2) is 4.79 Å². The summed E-state index contributed by atoms with van der Waals surface area (Å²) in [6, 6.07) is 4.61. The van der Waals surface area contributed by atoms with E-state index in [9.17, 15) is 9.59 Å². The lowest BCUT2D eigenvalue weighted by molar-refractivity contribution is -0.125. The van der Waals surface area contributed by atoms with Gasteiger partial charge in [0.05, 0.1) is 38.1 Å². The van der Waals surface area contributed by atoms with E-state index >= 15 is 0 Å². The van der Waals surface area contributed by atoms with Crippen molar-refractivity contribution in [2.45, 2.75) is 26.3 Å². The Morgan fingerprint density at radius 1 is 1.21 bits per heavy atom. The van der Waals surface area contributed by atoms with Gasteiger partial charge in [-0.3, -0.25) is 9.69 Å². The number of amides is 3. The van der Waals surface area contributed by atoms with Crippen LogP contribution in [0.4, 0.5) is 4.79 Å². The van der Waals surface area contributed by atoms with E-state index < -0.39 is 6.04 Å². The summed E-state index contributed by atoms with van der Waals surface area (Å²) in [7, 11) is 3.14. The zero-order valence-electron chi connectivity index (χ0n) is 17.5. The van der Waals surface area contributed by atoms with Crippen LogP contribution in [-0.4, -0.2) is 55.6 Å². The number of rotatable bonds is 8. The van der Waals surface area contributed by atoms with Crippen molar-refractivity contribution in [3.63, 3.8) is 0 Å². The first-order chi connectivity index (χ1) is 13.9. The Morgan fingerprint density at radius 3 is 2.41 bits per heavy atom. The van der Waals surface area contributed by atoms with Crippen LogP contribution in [0.2, 0.25) is 0 Å². The molecule has 3 amide bonds. The van der Waals surface area contributed by atoms with E-state index in [2.05, 4.69) is 25.7 Å². The maximum atomic E-state index is 13.3. The average molecular weight is 399 g/mol. The number of nitrogens with one attached hydrogen (secondary N) is 1. The Hall–Kier alpha value is -2.96. The van der Waals surface area contributed by atoms with Crippen molar-refractivity contribution in [2.24, 2.45) is 5.92 Å². The summed E-state index contributed by atoms with van der Waals surface area (Å²) >= 11 is 0. The van der Waals surface area contributed by atoms with Crippen molar-refractivity contribution in [1.29, 1.82) is 0 Å². The minimum absolute atomic E-state index is 0.0403. The Morgan fingerprint density at radius 2 is 1.86 bits per heavy atom. The van der Waals surface area contributed by atoms with Gasteiger partial charge < -0.3 is 19.7 Å². The molecule has 2 aliphatic heterocycles. The number of urea groups is 1. The Bertz CT molecular complexity index is 824. The van der Waals surface area contributed by atoms with Crippen LogP contribution in [0.5, 0.6) is 11.5 Å². The van der Waals surface area contributed by atoms with Gasteiger partial charge in [0.15, 0.2) is 0 Å². The van der Waals surface area contributed by atoms with Gasteiger partial charge in [0.2, 0.25) is 0 Å². The van der Waals surface area contributed by atoms with Gasteiger partial charge in [0.1, 0.15) is 11.5 Å². The molecule has 0 fully saturated rings. The number of ether oxygens (including phenoxy) is 2. The van der Waals surface area contributed by atoms with Gasteiger partial charge in [-0.2, -0.15) is 0 Å². The van der Waals surface area contributed by atoms with Gasteiger partial charge in [0, 0.05) is 19.2 Å². The van der Waals surface area contributed by atoms with Crippen molar-refractivity contribution in [2.75, 3.05) is 33.9 Å². The topological polar surface area (TPSA) is 71.1 Å². The van der Waals surface area contributed by atoms with Crippen LogP contribution in [0.15, 0.2) is 42.1 Å². The van der Waals surface area contributed by atoms with Gasteiger partial charge in [-0.15, -0.1) is 6.58 Å². The number of carbonyl (C=O) groups is 2. The van der Waals surface area contributed by atoms with Crippen molar-refractivity contribution in [1.82, 2.24) is 15.1 Å². The smallest absolute Gasteiger partial charge is 0.322 e. The molecular weight excluding hydrogens is 370 g/mol. The zero-order chi connectivity index (χ0) is 21.1. The molecule has 0 bridgehead atoms. The molecule has 0 saturated heterocycles. The molecule has 156 valence electrons. The summed E-state index contributed by atoms with van der Waals surface area (Å²) in [6.45, 7) is 9.46. The fourth-order valence-corrected chi connectivity index (χ4v) is 3.71. The van der Waals surface area contributed by atoms with Gasteiger partial charge in [-0.1, -0.05) is 19.9 Å². The minimum Gasteiger partial charge on any atom is -0.497 e. The standard InChI is InChI=1S/C22H29N3O4/c1-6-8-25-18-13-24(9-7-14(2)3)21(26)19(18)20(23-22(25)27)15-10-16(28-4)12-17(11-15)29-5/h6,10-12,14,20H,1,7-9,13H2,2-5H3,(H,23,27)/t20-/m0/s1. The fraction of sp³-hybridized carbons (Fsp3) is 0.455. The highest BCUT2D eigenvalue weighted by molar-refractivity contribution is 6.01. The first-order valence-corrected chi connectivity index (χ1v) is 9.83. The molecule has 1 N–H and O–H groups in total. The van der Waals surface area contributed by atoms with E-state index in [-0.39, 0.29) is 11.9 Å². The number of methoxy groups -OCH3 is 2. The van der Waals surface area contributed by atoms with Crippen molar-refractivity contribution < 1.29 is 19.1 Å². The van der Waals surface area contributed by atoms with Crippen LogP contribution in [0.3, 0.4) is 0 Å². The van der Waals surface area contributed by atoms with Crippen molar-refractivity contribution >= 4 is 11.9 Å². The molecule has 7 heteroatoms. The Balaban J connectivity index is 2.03. The van der Waals surface area contributed by atoms with Crippen LogP contribution in [-0.2, 0) is 4.79 Å². The monoisotopic (exact) mass is 399 g/mol. The number of nitrogens with zero attached hydrogens (tertiary/aromatic N) is 2. The predicted molar refractivity (Wildman–Crippen MR) is 111 cm³/mol. The molecule has 1 aromatic carbocycles. The number of benzene rings is 1. The molecule has 3 rings (SSSR count). The van der Waals surface area contributed by atoms with E-state index in [1.54, 1.807) is 31.3 Å². The van der Waals surface area contributed by atoms with Gasteiger partial charge in [-0.05, 0) is 30.0 Å². The highest BCUT2D eigenvalue weighted by Crippen LogP contribution is 2.38. The molecule has 1 aromatic rings. The van der Waals surface area contributed by atoms with E-state index in [0.29, 0.717) is 42.6 Å². The fourth-order valence-electron chi connectivity index (χ4n) is 3.71. The molecule has 0 aliphatic carbocycles. The Labute approximate surface area is 171 Å². The van der Waals surface area contributed by atoms with Crippen LogP contribution >= 0.6 is 0 Å².